The monoisotopic (exact) mass is 386 g/mol. The molecule has 0 radical (unpaired) electrons. The Morgan fingerprint density at radius 1 is 0.690 bits per heavy atom. The number of hydrogen-bond donors (Lipinski definition) is 2. The highest BCUT2D eigenvalue weighted by Gasteiger charge is 2.47. The maximum absolute atomic E-state index is 10.5. The minimum atomic E-state index is 0.0880. The summed E-state index contributed by atoms with van der Waals surface area (Å²) in [4.78, 5) is 0. The fourth-order valence-corrected chi connectivity index (χ4v) is 4.47. The van der Waals surface area contributed by atoms with Crippen molar-refractivity contribution in [2.45, 2.75) is 46.1 Å². The number of aliphatic hydroxyl groups is 1. The van der Waals surface area contributed by atoms with Gasteiger partial charge < -0.3 is 10.2 Å². The van der Waals surface area contributed by atoms with Gasteiger partial charge in [-0.25, -0.2) is 0 Å². The maximum atomic E-state index is 10.5. The van der Waals surface area contributed by atoms with E-state index in [1.165, 1.54) is 24.0 Å². The summed E-state index contributed by atoms with van der Waals surface area (Å²) >= 11 is 0. The number of phenols is 1. The van der Waals surface area contributed by atoms with E-state index in [1.807, 2.05) is 6.07 Å². The van der Waals surface area contributed by atoms with E-state index in [0.29, 0.717) is 5.75 Å². The van der Waals surface area contributed by atoms with Gasteiger partial charge in [-0.05, 0) is 80.2 Å². The van der Waals surface area contributed by atoms with Crippen molar-refractivity contribution in [1.29, 1.82) is 0 Å². The van der Waals surface area contributed by atoms with E-state index in [1.54, 1.807) is 6.07 Å². The van der Waals surface area contributed by atoms with Crippen molar-refractivity contribution in [2.75, 3.05) is 0 Å². The standard InChI is InChI=1S/C21H20O.C6H10O/c1-14-4-9-17(10-5-14)20-16(3)8-13-19(22)21(20)18-11-6-15(2)7-12-18;7-6-2-1-4-3-5(4)6/h4-13,22H,1-3H3;4-7H,1-3H2. The molecule has 2 aliphatic rings. The van der Waals surface area contributed by atoms with Crippen LogP contribution >= 0.6 is 0 Å². The molecular weight excluding hydrogens is 356 g/mol. The summed E-state index contributed by atoms with van der Waals surface area (Å²) in [7, 11) is 0. The van der Waals surface area contributed by atoms with Crippen LogP contribution in [0.5, 0.6) is 5.75 Å². The van der Waals surface area contributed by atoms with Crippen LogP contribution in [0.25, 0.3) is 22.3 Å². The van der Waals surface area contributed by atoms with Gasteiger partial charge in [0.25, 0.3) is 0 Å². The van der Waals surface area contributed by atoms with Crippen LogP contribution in [0.15, 0.2) is 60.7 Å². The molecule has 2 saturated carbocycles. The fraction of sp³-hybridized carbons (Fsp3) is 0.333. The lowest BCUT2D eigenvalue weighted by Gasteiger charge is -2.15. The smallest absolute Gasteiger partial charge is 0.124 e. The molecule has 3 atom stereocenters. The lowest BCUT2D eigenvalue weighted by molar-refractivity contribution is 0.159. The van der Waals surface area contributed by atoms with Crippen LogP contribution in [0.4, 0.5) is 0 Å². The molecule has 0 saturated heterocycles. The van der Waals surface area contributed by atoms with Crippen LogP contribution in [0, 0.1) is 32.6 Å². The quantitative estimate of drug-likeness (QED) is 0.533. The Morgan fingerprint density at radius 3 is 1.66 bits per heavy atom. The zero-order valence-corrected chi connectivity index (χ0v) is 17.5. The van der Waals surface area contributed by atoms with Crippen molar-refractivity contribution in [3.63, 3.8) is 0 Å². The van der Waals surface area contributed by atoms with Gasteiger partial charge in [0, 0.05) is 5.56 Å². The first-order chi connectivity index (χ1) is 13.9. The molecule has 2 fully saturated rings. The second kappa shape index (κ2) is 8.04. The van der Waals surface area contributed by atoms with Crippen molar-refractivity contribution in [2.24, 2.45) is 11.8 Å². The molecule has 2 nitrogen and oxygen atoms in total. The second-order valence-electron chi connectivity index (χ2n) is 8.69. The van der Waals surface area contributed by atoms with Gasteiger partial charge in [-0.3, -0.25) is 0 Å². The average molecular weight is 387 g/mol. The highest BCUT2D eigenvalue weighted by atomic mass is 16.3. The summed E-state index contributed by atoms with van der Waals surface area (Å²) in [5.41, 5.74) is 7.80. The third-order valence-electron chi connectivity index (χ3n) is 6.38. The van der Waals surface area contributed by atoms with Crippen molar-refractivity contribution >= 4 is 0 Å². The van der Waals surface area contributed by atoms with E-state index in [9.17, 15) is 5.11 Å². The molecule has 29 heavy (non-hydrogen) atoms. The molecule has 0 amide bonds. The van der Waals surface area contributed by atoms with Gasteiger partial charge in [-0.1, -0.05) is 65.7 Å². The molecule has 2 N–H and O–H groups in total. The highest BCUT2D eigenvalue weighted by molar-refractivity contribution is 5.89. The Morgan fingerprint density at radius 2 is 1.24 bits per heavy atom. The zero-order valence-electron chi connectivity index (χ0n) is 17.5. The first kappa shape index (κ1) is 19.7. The van der Waals surface area contributed by atoms with Crippen molar-refractivity contribution in [1.82, 2.24) is 0 Å². The lowest BCUT2D eigenvalue weighted by Crippen LogP contribution is -2.02. The van der Waals surface area contributed by atoms with Gasteiger partial charge in [0.15, 0.2) is 0 Å². The minimum Gasteiger partial charge on any atom is -0.507 e. The highest BCUT2D eigenvalue weighted by Crippen LogP contribution is 2.51. The summed E-state index contributed by atoms with van der Waals surface area (Å²) in [6.45, 7) is 6.24. The van der Waals surface area contributed by atoms with Crippen molar-refractivity contribution in [3.05, 3.63) is 77.4 Å². The average Bonchev–Trinajstić information content (AvgIpc) is 3.42. The van der Waals surface area contributed by atoms with Crippen molar-refractivity contribution in [3.8, 4) is 28.0 Å². The van der Waals surface area contributed by atoms with E-state index < -0.39 is 0 Å². The van der Waals surface area contributed by atoms with E-state index in [4.69, 9.17) is 5.11 Å². The lowest BCUT2D eigenvalue weighted by atomic mass is 9.89. The Kier molecular flexibility index (Phi) is 5.47. The summed E-state index contributed by atoms with van der Waals surface area (Å²) in [5.74, 6) is 2.00. The topological polar surface area (TPSA) is 40.5 Å². The zero-order chi connectivity index (χ0) is 20.5. The molecule has 3 aromatic rings. The molecule has 0 heterocycles. The Labute approximate surface area is 173 Å². The van der Waals surface area contributed by atoms with E-state index >= 15 is 0 Å². The van der Waals surface area contributed by atoms with Gasteiger partial charge in [0.05, 0.1) is 6.10 Å². The molecular formula is C27H30O2. The molecule has 2 heteroatoms. The van der Waals surface area contributed by atoms with Crippen LogP contribution in [-0.4, -0.2) is 16.3 Å². The number of rotatable bonds is 2. The maximum Gasteiger partial charge on any atom is 0.124 e. The number of aliphatic hydroxyl groups excluding tert-OH is 1. The SMILES string of the molecule is Cc1ccc(-c2c(C)ccc(O)c2-c2ccc(C)cc2)cc1.OC1CCC2CC12. The molecule has 5 rings (SSSR count). The van der Waals surface area contributed by atoms with E-state index in [-0.39, 0.29) is 6.10 Å². The Hall–Kier alpha value is -2.58. The molecule has 150 valence electrons. The summed E-state index contributed by atoms with van der Waals surface area (Å²) in [6.07, 6.45) is 3.78. The third-order valence-corrected chi connectivity index (χ3v) is 6.38. The van der Waals surface area contributed by atoms with Crippen LogP contribution < -0.4 is 0 Å². The summed E-state index contributed by atoms with van der Waals surface area (Å²) < 4.78 is 0. The molecule has 0 bridgehead atoms. The largest absolute Gasteiger partial charge is 0.507 e. The Balaban J connectivity index is 0.000000243. The molecule has 0 spiro atoms. The van der Waals surface area contributed by atoms with Crippen LogP contribution in [0.3, 0.4) is 0 Å². The number of aryl methyl sites for hydroxylation is 3. The summed E-state index contributed by atoms with van der Waals surface area (Å²) in [6, 6.07) is 20.5. The predicted octanol–water partition coefficient (Wildman–Crippen LogP) is 6.43. The first-order valence-corrected chi connectivity index (χ1v) is 10.6. The number of hydrogen-bond acceptors (Lipinski definition) is 2. The number of aromatic hydroxyl groups is 1. The summed E-state index contributed by atoms with van der Waals surface area (Å²) in [5, 5.41) is 19.5. The van der Waals surface area contributed by atoms with Crippen LogP contribution in [0.1, 0.15) is 36.0 Å². The number of fused-ring (bicyclic) bond motifs is 1. The third kappa shape index (κ3) is 4.23. The van der Waals surface area contributed by atoms with Gasteiger partial charge in [0.2, 0.25) is 0 Å². The number of benzene rings is 3. The molecule has 0 aromatic heterocycles. The molecule has 3 unspecified atom stereocenters. The van der Waals surface area contributed by atoms with Gasteiger partial charge in [-0.2, -0.15) is 0 Å². The molecule has 0 aliphatic heterocycles. The van der Waals surface area contributed by atoms with E-state index in [0.717, 1.165) is 46.1 Å². The Bertz CT molecular complexity index is 916. The van der Waals surface area contributed by atoms with Gasteiger partial charge in [0.1, 0.15) is 5.75 Å². The number of phenolic OH excluding ortho intramolecular Hbond substituents is 1. The molecule has 2 aliphatic carbocycles. The van der Waals surface area contributed by atoms with Crippen molar-refractivity contribution < 1.29 is 10.2 Å². The predicted molar refractivity (Wildman–Crippen MR) is 120 cm³/mol. The fourth-order valence-electron chi connectivity index (χ4n) is 4.47. The minimum absolute atomic E-state index is 0.0880. The second-order valence-corrected chi connectivity index (χ2v) is 8.69. The van der Waals surface area contributed by atoms with Crippen LogP contribution in [-0.2, 0) is 0 Å². The van der Waals surface area contributed by atoms with Crippen LogP contribution in [0.2, 0.25) is 0 Å². The first-order valence-electron chi connectivity index (χ1n) is 10.6. The van der Waals surface area contributed by atoms with Gasteiger partial charge in [-0.15, -0.1) is 0 Å². The van der Waals surface area contributed by atoms with Gasteiger partial charge >= 0.3 is 0 Å². The molecule has 3 aromatic carbocycles. The van der Waals surface area contributed by atoms with E-state index in [2.05, 4.69) is 69.3 Å². The normalized spacial score (nSPS) is 21.9.